The maximum Gasteiger partial charge on any atom is 0.407 e. The van der Waals surface area contributed by atoms with Gasteiger partial charge in [0.05, 0.1) is 0 Å². The Bertz CT molecular complexity index is 1070. The van der Waals surface area contributed by atoms with E-state index in [0.29, 0.717) is 31.0 Å². The van der Waals surface area contributed by atoms with Crippen molar-refractivity contribution in [2.75, 3.05) is 26.2 Å². The van der Waals surface area contributed by atoms with Crippen LogP contribution in [0, 0.1) is 5.92 Å². The van der Waals surface area contributed by atoms with Gasteiger partial charge in [-0.25, -0.2) is 4.79 Å². The number of nitrogens with zero attached hydrogens (tertiary/aromatic N) is 1. The quantitative estimate of drug-likeness (QED) is 0.544. The first-order chi connectivity index (χ1) is 16.9. The summed E-state index contributed by atoms with van der Waals surface area (Å²) in [7, 11) is 0. The highest BCUT2D eigenvalue weighted by Crippen LogP contribution is 2.44. The number of fused-ring (bicyclic) bond motifs is 3. The van der Waals surface area contributed by atoms with Gasteiger partial charge in [0.1, 0.15) is 6.61 Å². The van der Waals surface area contributed by atoms with Crippen LogP contribution in [0.4, 0.5) is 4.79 Å². The number of ether oxygens (including phenoxy) is 1. The van der Waals surface area contributed by atoms with Crippen LogP contribution in [0.25, 0.3) is 11.1 Å². The zero-order valence-corrected chi connectivity index (χ0v) is 20.0. The number of aliphatic carboxylic acids is 1. The Kier molecular flexibility index (Phi) is 7.85. The van der Waals surface area contributed by atoms with Crippen molar-refractivity contribution in [2.24, 2.45) is 5.92 Å². The first-order valence-corrected chi connectivity index (χ1v) is 12.2. The zero-order valence-electron chi connectivity index (χ0n) is 20.0. The molecule has 0 radical (unpaired) electrons. The van der Waals surface area contributed by atoms with Gasteiger partial charge in [-0.05, 0) is 54.4 Å². The largest absolute Gasteiger partial charge is 0.481 e. The Balaban J connectivity index is 1.23. The van der Waals surface area contributed by atoms with Gasteiger partial charge in [0.2, 0.25) is 5.91 Å². The second kappa shape index (κ2) is 11.2. The molecule has 0 unspecified atom stereocenters. The Morgan fingerprint density at radius 2 is 1.63 bits per heavy atom. The molecule has 1 aliphatic carbocycles. The zero-order chi connectivity index (χ0) is 24.8. The van der Waals surface area contributed by atoms with Gasteiger partial charge in [-0.2, -0.15) is 0 Å². The summed E-state index contributed by atoms with van der Waals surface area (Å²) in [5, 5.41) is 11.5. The maximum absolute atomic E-state index is 12.7. The number of nitrogens with one attached hydrogen (secondary N) is 1. The number of rotatable bonds is 8. The number of amides is 2. The molecule has 0 atom stereocenters. The summed E-state index contributed by atoms with van der Waals surface area (Å²) < 4.78 is 5.53. The fraction of sp³-hybridized carbons (Fsp3) is 0.393. The second-order valence-electron chi connectivity index (χ2n) is 9.26. The second-order valence-corrected chi connectivity index (χ2v) is 9.26. The van der Waals surface area contributed by atoms with Gasteiger partial charge in [0.25, 0.3) is 0 Å². The SMILES string of the molecule is C/C(=C\CNC(=O)OCC1c2ccccc2-c2ccccc21)C(=O)N1CCC(CCC(=O)O)CC1. The van der Waals surface area contributed by atoms with Crippen molar-refractivity contribution in [2.45, 2.75) is 38.5 Å². The lowest BCUT2D eigenvalue weighted by molar-refractivity contribution is -0.137. The number of carboxylic acids is 1. The van der Waals surface area contributed by atoms with Crippen LogP contribution in [0.2, 0.25) is 0 Å². The monoisotopic (exact) mass is 476 g/mol. The van der Waals surface area contributed by atoms with Crippen molar-refractivity contribution < 1.29 is 24.2 Å². The summed E-state index contributed by atoms with van der Waals surface area (Å²) in [5.41, 5.74) is 5.26. The topological polar surface area (TPSA) is 95.9 Å². The Hall–Kier alpha value is -3.61. The van der Waals surface area contributed by atoms with Crippen molar-refractivity contribution >= 4 is 18.0 Å². The summed E-state index contributed by atoms with van der Waals surface area (Å²) in [6, 6.07) is 16.4. The summed E-state index contributed by atoms with van der Waals surface area (Å²) >= 11 is 0. The first kappa shape index (κ1) is 24.5. The molecule has 0 bridgehead atoms. The van der Waals surface area contributed by atoms with Gasteiger partial charge in [0.15, 0.2) is 0 Å². The van der Waals surface area contributed by atoms with Crippen LogP contribution >= 0.6 is 0 Å². The minimum atomic E-state index is -0.772. The third kappa shape index (κ3) is 5.91. The lowest BCUT2D eigenvalue weighted by Gasteiger charge is -2.32. The van der Waals surface area contributed by atoms with Gasteiger partial charge in [-0.1, -0.05) is 54.6 Å². The molecule has 2 aromatic rings. The van der Waals surface area contributed by atoms with Crippen LogP contribution in [0.3, 0.4) is 0 Å². The number of benzene rings is 2. The normalized spacial score (nSPS) is 15.9. The molecule has 1 saturated heterocycles. The number of hydrogen-bond donors (Lipinski definition) is 2. The van der Waals surface area contributed by atoms with E-state index in [-0.39, 0.29) is 31.4 Å². The van der Waals surface area contributed by atoms with E-state index >= 15 is 0 Å². The highest BCUT2D eigenvalue weighted by molar-refractivity contribution is 5.93. The van der Waals surface area contributed by atoms with E-state index in [0.717, 1.165) is 24.0 Å². The number of carbonyl (C=O) groups excluding carboxylic acids is 2. The van der Waals surface area contributed by atoms with Gasteiger partial charge in [-0.3, -0.25) is 9.59 Å². The van der Waals surface area contributed by atoms with Gasteiger partial charge in [0, 0.05) is 37.5 Å². The highest BCUT2D eigenvalue weighted by atomic mass is 16.5. The molecule has 2 aliphatic rings. The average Bonchev–Trinajstić information content (AvgIpc) is 3.19. The van der Waals surface area contributed by atoms with Gasteiger partial charge < -0.3 is 20.1 Å². The first-order valence-electron chi connectivity index (χ1n) is 12.2. The molecular formula is C28H32N2O5. The molecule has 1 fully saturated rings. The Morgan fingerprint density at radius 3 is 2.23 bits per heavy atom. The number of carboxylic acid groups (broad SMARTS) is 1. The number of piperidine rings is 1. The lowest BCUT2D eigenvalue weighted by atomic mass is 9.92. The van der Waals surface area contributed by atoms with Crippen molar-refractivity contribution in [3.05, 3.63) is 71.3 Å². The molecule has 0 spiro atoms. The number of alkyl carbamates (subject to hydrolysis) is 1. The number of likely N-dealkylation sites (tertiary alicyclic amines) is 1. The summed E-state index contributed by atoms with van der Waals surface area (Å²) in [4.78, 5) is 37.6. The molecule has 1 aliphatic heterocycles. The fourth-order valence-electron chi connectivity index (χ4n) is 5.03. The van der Waals surface area contributed by atoms with Crippen LogP contribution in [0.5, 0.6) is 0 Å². The molecule has 0 aromatic heterocycles. The minimum absolute atomic E-state index is 0.00503. The number of carbonyl (C=O) groups is 3. The van der Waals surface area contributed by atoms with E-state index in [1.165, 1.54) is 11.1 Å². The maximum atomic E-state index is 12.7. The van der Waals surface area contributed by atoms with Crippen molar-refractivity contribution in [1.82, 2.24) is 10.2 Å². The minimum Gasteiger partial charge on any atom is -0.481 e. The van der Waals surface area contributed by atoms with E-state index in [2.05, 4.69) is 29.6 Å². The Labute approximate surface area is 205 Å². The average molecular weight is 477 g/mol. The molecule has 1 heterocycles. The van der Waals surface area contributed by atoms with E-state index in [1.807, 2.05) is 24.3 Å². The van der Waals surface area contributed by atoms with Crippen molar-refractivity contribution in [3.63, 3.8) is 0 Å². The summed E-state index contributed by atoms with van der Waals surface area (Å²) in [6.07, 6.45) is 3.69. The third-order valence-electron chi connectivity index (χ3n) is 7.00. The van der Waals surface area contributed by atoms with E-state index < -0.39 is 12.1 Å². The molecule has 7 heteroatoms. The van der Waals surface area contributed by atoms with Crippen molar-refractivity contribution in [3.8, 4) is 11.1 Å². The third-order valence-corrected chi connectivity index (χ3v) is 7.00. The van der Waals surface area contributed by atoms with Crippen LogP contribution in [-0.2, 0) is 14.3 Å². The highest BCUT2D eigenvalue weighted by Gasteiger charge is 2.29. The molecule has 2 N–H and O–H groups in total. The molecule has 0 saturated carbocycles. The molecule has 4 rings (SSSR count). The van der Waals surface area contributed by atoms with Crippen LogP contribution < -0.4 is 5.32 Å². The molecule has 2 amide bonds. The number of hydrogen-bond acceptors (Lipinski definition) is 4. The smallest absolute Gasteiger partial charge is 0.407 e. The molecule has 35 heavy (non-hydrogen) atoms. The Morgan fingerprint density at radius 1 is 1.03 bits per heavy atom. The van der Waals surface area contributed by atoms with Gasteiger partial charge in [-0.15, -0.1) is 0 Å². The van der Waals surface area contributed by atoms with E-state index in [4.69, 9.17) is 9.84 Å². The van der Waals surface area contributed by atoms with Crippen LogP contribution in [0.1, 0.15) is 49.7 Å². The molecule has 7 nitrogen and oxygen atoms in total. The van der Waals surface area contributed by atoms with Crippen LogP contribution in [-0.4, -0.2) is 54.2 Å². The molecule has 184 valence electrons. The van der Waals surface area contributed by atoms with E-state index in [1.54, 1.807) is 17.9 Å². The standard InChI is InChI=1S/C28H32N2O5/c1-19(27(33)30-16-13-20(14-17-30)10-11-26(31)32)12-15-29-28(34)35-18-25-23-8-4-2-6-21(23)22-7-3-5-9-24(22)25/h2-9,12,20,25H,10-11,13-18H2,1H3,(H,29,34)(H,31,32)/b19-12+. The summed E-state index contributed by atoms with van der Waals surface area (Å²) in [6.45, 7) is 3.47. The summed E-state index contributed by atoms with van der Waals surface area (Å²) in [5.74, 6) is -0.456. The fourth-order valence-corrected chi connectivity index (χ4v) is 5.03. The lowest BCUT2D eigenvalue weighted by Crippen LogP contribution is -2.39. The van der Waals surface area contributed by atoms with Gasteiger partial charge >= 0.3 is 12.1 Å². The van der Waals surface area contributed by atoms with Crippen molar-refractivity contribution in [1.29, 1.82) is 0 Å². The predicted molar refractivity (Wildman–Crippen MR) is 133 cm³/mol. The van der Waals surface area contributed by atoms with E-state index in [9.17, 15) is 14.4 Å². The molecular weight excluding hydrogens is 444 g/mol. The predicted octanol–water partition coefficient (Wildman–Crippen LogP) is 4.57. The van der Waals surface area contributed by atoms with Crippen LogP contribution in [0.15, 0.2) is 60.2 Å². The molecule has 2 aromatic carbocycles.